The first-order valence-electron chi connectivity index (χ1n) is 8.18. The van der Waals surface area contributed by atoms with Gasteiger partial charge in [0, 0.05) is 13.0 Å². The molecular formula is C16H32BrNO. The lowest BCUT2D eigenvalue weighted by Crippen LogP contribution is -2.21. The van der Waals surface area contributed by atoms with Crippen molar-refractivity contribution in [2.45, 2.75) is 90.9 Å². The number of hydrogen-bond donors (Lipinski definition) is 0. The second-order valence-corrected chi connectivity index (χ2v) is 6.27. The highest BCUT2D eigenvalue weighted by Gasteiger charge is 2.07. The van der Waals surface area contributed by atoms with Crippen molar-refractivity contribution >= 4 is 22.1 Å². The van der Waals surface area contributed by atoms with Gasteiger partial charge in [-0.05, 0) is 12.8 Å². The van der Waals surface area contributed by atoms with Crippen LogP contribution in [0.4, 0.5) is 0 Å². The monoisotopic (exact) mass is 333 g/mol. The lowest BCUT2D eigenvalue weighted by Gasteiger charge is -2.13. The summed E-state index contributed by atoms with van der Waals surface area (Å²) in [5, 5.41) is 0. The van der Waals surface area contributed by atoms with E-state index in [0.717, 1.165) is 19.4 Å². The van der Waals surface area contributed by atoms with Crippen molar-refractivity contribution < 1.29 is 4.79 Å². The quantitative estimate of drug-likeness (QED) is 0.306. The molecule has 0 N–H and O–H groups in total. The summed E-state index contributed by atoms with van der Waals surface area (Å²) in [5.41, 5.74) is 0. The van der Waals surface area contributed by atoms with Crippen molar-refractivity contribution in [1.82, 2.24) is 3.93 Å². The molecule has 0 aliphatic heterocycles. The molecule has 0 aliphatic carbocycles. The van der Waals surface area contributed by atoms with E-state index in [4.69, 9.17) is 0 Å². The topological polar surface area (TPSA) is 20.3 Å². The van der Waals surface area contributed by atoms with Gasteiger partial charge < -0.3 is 0 Å². The summed E-state index contributed by atoms with van der Waals surface area (Å²) in [4.78, 5) is 11.5. The van der Waals surface area contributed by atoms with E-state index in [2.05, 4.69) is 23.1 Å². The Hall–Kier alpha value is -0.0500. The highest BCUT2D eigenvalue weighted by molar-refractivity contribution is 9.07. The van der Waals surface area contributed by atoms with E-state index >= 15 is 0 Å². The molecular weight excluding hydrogens is 302 g/mol. The van der Waals surface area contributed by atoms with Crippen molar-refractivity contribution in [1.29, 1.82) is 0 Å². The molecule has 0 aromatic heterocycles. The number of hydrogen-bond acceptors (Lipinski definition) is 1. The van der Waals surface area contributed by atoms with Gasteiger partial charge in [-0.3, -0.25) is 8.72 Å². The van der Waals surface area contributed by atoms with Gasteiger partial charge in [-0.2, -0.15) is 0 Å². The zero-order valence-electron chi connectivity index (χ0n) is 12.9. The third-order valence-corrected chi connectivity index (χ3v) is 4.19. The minimum absolute atomic E-state index is 0.221. The smallest absolute Gasteiger partial charge is 0.232 e. The second kappa shape index (κ2) is 14.4. The molecule has 114 valence electrons. The Morgan fingerprint density at radius 2 is 1.26 bits per heavy atom. The number of halogens is 1. The number of amides is 1. The van der Waals surface area contributed by atoms with Crippen molar-refractivity contribution in [3.63, 3.8) is 0 Å². The van der Waals surface area contributed by atoms with Crippen LogP contribution in [0.15, 0.2) is 0 Å². The van der Waals surface area contributed by atoms with Crippen LogP contribution in [-0.4, -0.2) is 16.4 Å². The fourth-order valence-electron chi connectivity index (χ4n) is 2.20. The zero-order valence-corrected chi connectivity index (χ0v) is 14.5. The molecule has 0 aliphatic rings. The third-order valence-electron chi connectivity index (χ3n) is 3.44. The molecule has 0 fully saturated rings. The van der Waals surface area contributed by atoms with Crippen LogP contribution in [0.1, 0.15) is 90.9 Å². The molecule has 0 saturated carbocycles. The second-order valence-electron chi connectivity index (χ2n) is 5.41. The summed E-state index contributed by atoms with van der Waals surface area (Å²) >= 11 is 3.35. The third kappa shape index (κ3) is 12.7. The van der Waals surface area contributed by atoms with Crippen LogP contribution in [0.3, 0.4) is 0 Å². The van der Waals surface area contributed by atoms with E-state index in [9.17, 15) is 4.79 Å². The summed E-state index contributed by atoms with van der Waals surface area (Å²) in [5.74, 6) is 0.221. The highest BCUT2D eigenvalue weighted by Crippen LogP contribution is 2.12. The SMILES string of the molecule is CCCCCCCCCCCCN(Br)C(=O)CCC. The van der Waals surface area contributed by atoms with Crippen molar-refractivity contribution in [2.75, 3.05) is 6.54 Å². The molecule has 0 heterocycles. The number of rotatable bonds is 13. The van der Waals surface area contributed by atoms with Crippen LogP contribution in [0.5, 0.6) is 0 Å². The number of carbonyl (C=O) groups excluding carboxylic acids is 1. The molecule has 0 rings (SSSR count). The maximum atomic E-state index is 11.5. The van der Waals surface area contributed by atoms with E-state index in [-0.39, 0.29) is 5.91 Å². The summed E-state index contributed by atoms with van der Waals surface area (Å²) in [7, 11) is 0. The van der Waals surface area contributed by atoms with Crippen molar-refractivity contribution in [2.24, 2.45) is 0 Å². The molecule has 0 saturated heterocycles. The molecule has 0 atom stereocenters. The maximum absolute atomic E-state index is 11.5. The summed E-state index contributed by atoms with van der Waals surface area (Å²) in [6, 6.07) is 0. The molecule has 1 amide bonds. The first kappa shape index (κ1) is 18.9. The zero-order chi connectivity index (χ0) is 14.3. The maximum Gasteiger partial charge on any atom is 0.232 e. The highest BCUT2D eigenvalue weighted by atomic mass is 79.9. The Labute approximate surface area is 128 Å². The van der Waals surface area contributed by atoms with Gasteiger partial charge >= 0.3 is 0 Å². The molecule has 0 aromatic rings. The minimum Gasteiger partial charge on any atom is -0.279 e. The van der Waals surface area contributed by atoms with E-state index in [1.165, 1.54) is 57.8 Å². The fraction of sp³-hybridized carbons (Fsp3) is 0.938. The Bertz CT molecular complexity index is 209. The molecule has 0 aromatic carbocycles. The van der Waals surface area contributed by atoms with Crippen LogP contribution in [0, 0.1) is 0 Å². The normalized spacial score (nSPS) is 10.7. The van der Waals surface area contributed by atoms with Gasteiger partial charge in [0.1, 0.15) is 0 Å². The van der Waals surface area contributed by atoms with Gasteiger partial charge in [0.25, 0.3) is 0 Å². The molecule has 19 heavy (non-hydrogen) atoms. The average Bonchev–Trinajstić information content (AvgIpc) is 2.41. The Morgan fingerprint density at radius 3 is 1.74 bits per heavy atom. The summed E-state index contributed by atoms with van der Waals surface area (Å²) < 4.78 is 1.71. The molecule has 3 heteroatoms. The molecule has 0 radical (unpaired) electrons. The lowest BCUT2D eigenvalue weighted by molar-refractivity contribution is -0.125. The molecule has 0 unspecified atom stereocenters. The van der Waals surface area contributed by atoms with Crippen LogP contribution in [0.25, 0.3) is 0 Å². The largest absolute Gasteiger partial charge is 0.279 e. The average molecular weight is 334 g/mol. The van der Waals surface area contributed by atoms with Crippen molar-refractivity contribution in [3.8, 4) is 0 Å². The Balaban J connectivity index is 3.20. The summed E-state index contributed by atoms with van der Waals surface area (Å²) in [6.07, 6.45) is 15.0. The van der Waals surface area contributed by atoms with Gasteiger partial charge in [-0.1, -0.05) is 71.6 Å². The first-order valence-corrected chi connectivity index (χ1v) is 8.89. The fourth-order valence-corrected chi connectivity index (χ4v) is 2.63. The minimum atomic E-state index is 0.221. The van der Waals surface area contributed by atoms with Gasteiger partial charge in [0.2, 0.25) is 5.91 Å². The number of carbonyl (C=O) groups is 1. The van der Waals surface area contributed by atoms with E-state index in [0.29, 0.717) is 6.42 Å². The summed E-state index contributed by atoms with van der Waals surface area (Å²) in [6.45, 7) is 5.16. The molecule has 0 spiro atoms. The van der Waals surface area contributed by atoms with E-state index in [1.807, 2.05) is 6.92 Å². The van der Waals surface area contributed by atoms with Gasteiger partial charge in [0.05, 0.1) is 16.1 Å². The molecule has 2 nitrogen and oxygen atoms in total. The van der Waals surface area contributed by atoms with Gasteiger partial charge in [-0.15, -0.1) is 0 Å². The number of unbranched alkanes of at least 4 members (excludes halogenated alkanes) is 9. The standard InChI is InChI=1S/C16H32BrNO/c1-3-5-6-7-8-9-10-11-12-13-15-18(17)16(19)14-4-2/h3-15H2,1-2H3. The predicted octanol–water partition coefficient (Wildman–Crippen LogP) is 5.85. The van der Waals surface area contributed by atoms with Crippen molar-refractivity contribution in [3.05, 3.63) is 0 Å². The van der Waals surface area contributed by atoms with E-state index < -0.39 is 0 Å². The van der Waals surface area contributed by atoms with Gasteiger partial charge in [0.15, 0.2) is 0 Å². The van der Waals surface area contributed by atoms with Crippen LogP contribution >= 0.6 is 16.1 Å². The first-order chi connectivity index (χ1) is 9.22. The predicted molar refractivity (Wildman–Crippen MR) is 87.4 cm³/mol. The van der Waals surface area contributed by atoms with Crippen LogP contribution in [0.2, 0.25) is 0 Å². The van der Waals surface area contributed by atoms with Crippen LogP contribution < -0.4 is 0 Å². The van der Waals surface area contributed by atoms with Gasteiger partial charge in [-0.25, -0.2) is 0 Å². The van der Waals surface area contributed by atoms with E-state index in [1.54, 1.807) is 3.93 Å². The Morgan fingerprint density at radius 1 is 0.789 bits per heavy atom. The number of nitrogens with zero attached hydrogens (tertiary/aromatic N) is 1. The lowest BCUT2D eigenvalue weighted by atomic mass is 10.1. The van der Waals surface area contributed by atoms with Crippen LogP contribution in [-0.2, 0) is 4.79 Å². The molecule has 0 bridgehead atoms. The Kier molecular flexibility index (Phi) is 14.3.